The summed E-state index contributed by atoms with van der Waals surface area (Å²) in [5.41, 5.74) is 0.729. The van der Waals surface area contributed by atoms with Gasteiger partial charge in [-0.3, -0.25) is 4.90 Å². The average molecular weight is 253 g/mol. The number of carbonyl (C=O) groups is 1. The molecule has 1 N–H and O–H groups in total. The van der Waals surface area contributed by atoms with Gasteiger partial charge in [0.15, 0.2) is 0 Å². The molecule has 0 unspecified atom stereocenters. The molecule has 0 saturated heterocycles. The van der Waals surface area contributed by atoms with Crippen molar-refractivity contribution in [2.45, 2.75) is 33.2 Å². The maximum absolute atomic E-state index is 13.1. The summed E-state index contributed by atoms with van der Waals surface area (Å²) >= 11 is 0. The number of halogens is 1. The number of hydrogen-bond acceptors (Lipinski definition) is 2. The van der Waals surface area contributed by atoms with Gasteiger partial charge in [0, 0.05) is 6.54 Å². The minimum Gasteiger partial charge on any atom is -0.478 e. The molecule has 1 rings (SSSR count). The van der Waals surface area contributed by atoms with Crippen LogP contribution in [0.2, 0.25) is 0 Å². The van der Waals surface area contributed by atoms with E-state index >= 15 is 0 Å². The van der Waals surface area contributed by atoms with Crippen LogP contribution in [0.4, 0.5) is 4.39 Å². The summed E-state index contributed by atoms with van der Waals surface area (Å²) in [5.74, 6) is -1.58. The lowest BCUT2D eigenvalue weighted by atomic mass is 10.1. The molecule has 4 heteroatoms. The molecule has 100 valence electrons. The summed E-state index contributed by atoms with van der Waals surface area (Å²) in [5, 5.41) is 9.07. The van der Waals surface area contributed by atoms with Crippen molar-refractivity contribution in [1.29, 1.82) is 0 Å². The van der Waals surface area contributed by atoms with Gasteiger partial charge in [-0.2, -0.15) is 0 Å². The summed E-state index contributed by atoms with van der Waals surface area (Å²) in [6.45, 7) is 6.51. The molecule has 18 heavy (non-hydrogen) atoms. The van der Waals surface area contributed by atoms with E-state index in [0.29, 0.717) is 12.1 Å². The van der Waals surface area contributed by atoms with Gasteiger partial charge >= 0.3 is 5.97 Å². The molecule has 0 fully saturated rings. The number of unbranched alkanes of at least 4 members (excludes halogenated alkanes) is 1. The predicted octanol–water partition coefficient (Wildman–Crippen LogP) is 3.15. The van der Waals surface area contributed by atoms with Gasteiger partial charge in [0.2, 0.25) is 0 Å². The van der Waals surface area contributed by atoms with Crippen LogP contribution in [0.3, 0.4) is 0 Å². The first-order valence-electron chi connectivity index (χ1n) is 6.32. The van der Waals surface area contributed by atoms with Gasteiger partial charge in [-0.1, -0.05) is 26.3 Å². The Hall–Kier alpha value is -1.42. The van der Waals surface area contributed by atoms with E-state index in [1.165, 1.54) is 6.07 Å². The monoisotopic (exact) mass is 253 g/mol. The van der Waals surface area contributed by atoms with Crippen LogP contribution in [-0.4, -0.2) is 29.1 Å². The Kier molecular flexibility index (Phi) is 5.78. The lowest BCUT2D eigenvalue weighted by Crippen LogP contribution is -2.25. The fraction of sp³-hybridized carbons (Fsp3) is 0.500. The Morgan fingerprint density at radius 3 is 2.67 bits per heavy atom. The second kappa shape index (κ2) is 7.11. The van der Waals surface area contributed by atoms with Gasteiger partial charge in [0.25, 0.3) is 0 Å². The normalized spacial score (nSPS) is 10.9. The third-order valence-corrected chi connectivity index (χ3v) is 2.97. The van der Waals surface area contributed by atoms with E-state index in [4.69, 9.17) is 5.11 Å². The molecule has 0 aliphatic carbocycles. The van der Waals surface area contributed by atoms with Crippen molar-refractivity contribution >= 4 is 5.97 Å². The minimum absolute atomic E-state index is 0.0601. The largest absolute Gasteiger partial charge is 0.478 e. The second-order valence-corrected chi connectivity index (χ2v) is 4.33. The highest BCUT2D eigenvalue weighted by Crippen LogP contribution is 2.14. The fourth-order valence-corrected chi connectivity index (χ4v) is 1.86. The van der Waals surface area contributed by atoms with Crippen molar-refractivity contribution in [2.24, 2.45) is 0 Å². The minimum atomic E-state index is -1.07. The molecule has 0 spiro atoms. The van der Waals surface area contributed by atoms with Gasteiger partial charge in [0.05, 0.1) is 5.56 Å². The van der Waals surface area contributed by atoms with Crippen LogP contribution in [0.1, 0.15) is 42.6 Å². The molecule has 0 saturated carbocycles. The van der Waals surface area contributed by atoms with Crippen molar-refractivity contribution < 1.29 is 14.3 Å². The van der Waals surface area contributed by atoms with Crippen molar-refractivity contribution in [2.75, 3.05) is 13.1 Å². The molecule has 1 aromatic carbocycles. The summed E-state index contributed by atoms with van der Waals surface area (Å²) in [7, 11) is 0. The van der Waals surface area contributed by atoms with Gasteiger partial charge in [-0.25, -0.2) is 9.18 Å². The summed E-state index contributed by atoms with van der Waals surface area (Å²) in [6, 6.07) is 3.97. The lowest BCUT2D eigenvalue weighted by molar-refractivity contribution is 0.0694. The van der Waals surface area contributed by atoms with Gasteiger partial charge in [-0.05, 0) is 37.2 Å². The number of aromatic carboxylic acids is 1. The van der Waals surface area contributed by atoms with Crippen molar-refractivity contribution in [3.05, 3.63) is 35.1 Å². The molecule has 0 aliphatic rings. The SMILES string of the molecule is CCCCN(CC)Cc1ccc(F)cc1C(=O)O. The first-order valence-corrected chi connectivity index (χ1v) is 6.32. The molecule has 1 aromatic rings. The van der Waals surface area contributed by atoms with Crippen LogP contribution < -0.4 is 0 Å². The second-order valence-electron chi connectivity index (χ2n) is 4.33. The van der Waals surface area contributed by atoms with E-state index in [1.54, 1.807) is 6.07 Å². The molecule has 3 nitrogen and oxygen atoms in total. The van der Waals surface area contributed by atoms with E-state index in [0.717, 1.165) is 32.0 Å². The highest BCUT2D eigenvalue weighted by molar-refractivity contribution is 5.89. The number of nitrogens with zero attached hydrogens (tertiary/aromatic N) is 1. The smallest absolute Gasteiger partial charge is 0.336 e. The number of carboxylic acids is 1. The Morgan fingerprint density at radius 1 is 1.39 bits per heavy atom. The summed E-state index contributed by atoms with van der Waals surface area (Å²) in [4.78, 5) is 13.2. The third kappa shape index (κ3) is 4.11. The zero-order chi connectivity index (χ0) is 13.5. The standard InChI is InChI=1S/C14H20FNO2/c1-3-5-8-16(4-2)10-11-6-7-12(15)9-13(11)14(17)18/h6-7,9H,3-5,8,10H2,1-2H3,(H,17,18). The average Bonchev–Trinajstić information content (AvgIpc) is 2.35. The highest BCUT2D eigenvalue weighted by Gasteiger charge is 2.13. The predicted molar refractivity (Wildman–Crippen MR) is 69.2 cm³/mol. The molecule has 0 bridgehead atoms. The zero-order valence-electron chi connectivity index (χ0n) is 10.9. The van der Waals surface area contributed by atoms with E-state index in [-0.39, 0.29) is 5.56 Å². The van der Waals surface area contributed by atoms with Gasteiger partial charge < -0.3 is 5.11 Å². The van der Waals surface area contributed by atoms with Crippen molar-refractivity contribution in [3.63, 3.8) is 0 Å². The number of hydrogen-bond donors (Lipinski definition) is 1. The maximum atomic E-state index is 13.1. The molecular weight excluding hydrogens is 233 g/mol. The van der Waals surface area contributed by atoms with E-state index in [9.17, 15) is 9.18 Å². The number of benzene rings is 1. The number of rotatable bonds is 7. The first-order chi connectivity index (χ1) is 8.58. The molecule has 0 radical (unpaired) electrons. The van der Waals surface area contributed by atoms with Crippen molar-refractivity contribution in [3.8, 4) is 0 Å². The molecule has 0 heterocycles. The fourth-order valence-electron chi connectivity index (χ4n) is 1.86. The lowest BCUT2D eigenvalue weighted by Gasteiger charge is -2.21. The van der Waals surface area contributed by atoms with Crippen LogP contribution in [0.15, 0.2) is 18.2 Å². The quantitative estimate of drug-likeness (QED) is 0.811. The molecule has 0 aliphatic heterocycles. The molecular formula is C14H20FNO2. The van der Waals surface area contributed by atoms with Crippen molar-refractivity contribution in [1.82, 2.24) is 4.90 Å². The first kappa shape index (κ1) is 14.6. The molecule has 0 amide bonds. The highest BCUT2D eigenvalue weighted by atomic mass is 19.1. The third-order valence-electron chi connectivity index (χ3n) is 2.97. The Labute approximate surface area is 107 Å². The number of carboxylic acid groups (broad SMARTS) is 1. The zero-order valence-corrected chi connectivity index (χ0v) is 10.9. The van der Waals surface area contributed by atoms with Crippen LogP contribution in [0.25, 0.3) is 0 Å². The van der Waals surface area contributed by atoms with Gasteiger partial charge in [-0.15, -0.1) is 0 Å². The molecule has 0 aromatic heterocycles. The summed E-state index contributed by atoms with van der Waals surface area (Å²) < 4.78 is 13.1. The van der Waals surface area contributed by atoms with Crippen LogP contribution in [-0.2, 0) is 6.54 Å². The van der Waals surface area contributed by atoms with Gasteiger partial charge in [0.1, 0.15) is 5.82 Å². The Balaban J connectivity index is 2.84. The Bertz CT molecular complexity index is 407. The van der Waals surface area contributed by atoms with E-state index < -0.39 is 11.8 Å². The Morgan fingerprint density at radius 2 is 2.11 bits per heavy atom. The summed E-state index contributed by atoms with van der Waals surface area (Å²) in [6.07, 6.45) is 2.18. The maximum Gasteiger partial charge on any atom is 0.336 e. The van der Waals surface area contributed by atoms with Crippen LogP contribution in [0.5, 0.6) is 0 Å². The van der Waals surface area contributed by atoms with Crippen LogP contribution in [0, 0.1) is 5.82 Å². The van der Waals surface area contributed by atoms with E-state index in [1.807, 2.05) is 6.92 Å². The topological polar surface area (TPSA) is 40.5 Å². The van der Waals surface area contributed by atoms with E-state index in [2.05, 4.69) is 11.8 Å². The molecule has 0 atom stereocenters. The van der Waals surface area contributed by atoms with Crippen LogP contribution >= 0.6 is 0 Å².